The van der Waals surface area contributed by atoms with Crippen molar-refractivity contribution in [1.29, 1.82) is 0 Å². The van der Waals surface area contributed by atoms with Crippen LogP contribution in [0, 0.1) is 0 Å². The SMILES string of the molecule is CCN(C)CCc1c[nH]c2ccc(OC(F)(F)F)cc12. The van der Waals surface area contributed by atoms with Gasteiger partial charge in [0.05, 0.1) is 0 Å². The zero-order valence-electron chi connectivity index (χ0n) is 11.4. The van der Waals surface area contributed by atoms with Crippen LogP contribution in [0.1, 0.15) is 12.5 Å². The van der Waals surface area contributed by atoms with E-state index in [1.807, 2.05) is 13.2 Å². The lowest BCUT2D eigenvalue weighted by molar-refractivity contribution is -0.274. The molecule has 1 N–H and O–H groups in total. The van der Waals surface area contributed by atoms with Crippen molar-refractivity contribution in [2.24, 2.45) is 0 Å². The largest absolute Gasteiger partial charge is 0.573 e. The first-order valence-electron chi connectivity index (χ1n) is 6.43. The molecule has 0 radical (unpaired) electrons. The monoisotopic (exact) mass is 286 g/mol. The van der Waals surface area contributed by atoms with E-state index in [1.165, 1.54) is 12.1 Å². The van der Waals surface area contributed by atoms with E-state index < -0.39 is 6.36 Å². The first-order chi connectivity index (χ1) is 9.39. The molecule has 3 nitrogen and oxygen atoms in total. The molecule has 0 spiro atoms. The molecule has 110 valence electrons. The molecule has 0 aliphatic carbocycles. The number of ether oxygens (including phenoxy) is 1. The fourth-order valence-electron chi connectivity index (χ4n) is 2.03. The van der Waals surface area contributed by atoms with Crippen LogP contribution >= 0.6 is 0 Å². The topological polar surface area (TPSA) is 28.3 Å². The molecule has 1 aromatic heterocycles. The van der Waals surface area contributed by atoms with Crippen molar-refractivity contribution in [1.82, 2.24) is 9.88 Å². The Hall–Kier alpha value is -1.69. The third-order valence-electron chi connectivity index (χ3n) is 3.28. The van der Waals surface area contributed by atoms with Gasteiger partial charge in [-0.3, -0.25) is 0 Å². The maximum Gasteiger partial charge on any atom is 0.573 e. The van der Waals surface area contributed by atoms with Gasteiger partial charge in [0.2, 0.25) is 0 Å². The van der Waals surface area contributed by atoms with Gasteiger partial charge in [-0.1, -0.05) is 6.92 Å². The Labute approximate surface area is 115 Å². The minimum atomic E-state index is -4.66. The van der Waals surface area contributed by atoms with Gasteiger partial charge in [-0.15, -0.1) is 13.2 Å². The highest BCUT2D eigenvalue weighted by Crippen LogP contribution is 2.28. The molecular formula is C14H17F3N2O. The molecule has 0 saturated carbocycles. The number of benzene rings is 1. The lowest BCUT2D eigenvalue weighted by atomic mass is 10.1. The molecule has 6 heteroatoms. The third-order valence-corrected chi connectivity index (χ3v) is 3.28. The number of aromatic amines is 1. The number of fused-ring (bicyclic) bond motifs is 1. The van der Waals surface area contributed by atoms with Crippen molar-refractivity contribution in [3.8, 4) is 5.75 Å². The van der Waals surface area contributed by atoms with Gasteiger partial charge in [0.15, 0.2) is 0 Å². The summed E-state index contributed by atoms with van der Waals surface area (Å²) in [6.45, 7) is 3.85. The van der Waals surface area contributed by atoms with Crippen molar-refractivity contribution in [3.05, 3.63) is 30.0 Å². The zero-order chi connectivity index (χ0) is 14.8. The van der Waals surface area contributed by atoms with Gasteiger partial charge in [-0.2, -0.15) is 0 Å². The first-order valence-corrected chi connectivity index (χ1v) is 6.43. The molecule has 0 aliphatic rings. The van der Waals surface area contributed by atoms with Crippen LogP contribution in [0.4, 0.5) is 13.2 Å². The van der Waals surface area contributed by atoms with E-state index >= 15 is 0 Å². The van der Waals surface area contributed by atoms with Crippen LogP contribution < -0.4 is 4.74 Å². The molecule has 0 amide bonds. The number of alkyl halides is 3. The maximum atomic E-state index is 12.2. The Kier molecular flexibility index (Phi) is 4.23. The predicted molar refractivity (Wildman–Crippen MR) is 71.9 cm³/mol. The first kappa shape index (κ1) is 14.7. The number of H-pyrrole nitrogens is 1. The average molecular weight is 286 g/mol. The molecule has 0 saturated heterocycles. The lowest BCUT2D eigenvalue weighted by Crippen LogP contribution is -2.20. The highest BCUT2D eigenvalue weighted by molar-refractivity contribution is 5.84. The van der Waals surface area contributed by atoms with Crippen molar-refractivity contribution < 1.29 is 17.9 Å². The second kappa shape index (κ2) is 5.75. The van der Waals surface area contributed by atoms with E-state index in [0.29, 0.717) is 0 Å². The van der Waals surface area contributed by atoms with E-state index in [1.54, 1.807) is 6.07 Å². The average Bonchev–Trinajstić information content (AvgIpc) is 2.76. The molecule has 2 aromatic rings. The number of halogens is 3. The molecule has 1 heterocycles. The lowest BCUT2D eigenvalue weighted by Gasteiger charge is -2.13. The van der Waals surface area contributed by atoms with Crippen molar-refractivity contribution in [2.75, 3.05) is 20.1 Å². The maximum absolute atomic E-state index is 12.2. The second-order valence-corrected chi connectivity index (χ2v) is 4.72. The summed E-state index contributed by atoms with van der Waals surface area (Å²) in [6.07, 6.45) is -2.04. The molecular weight excluding hydrogens is 269 g/mol. The summed E-state index contributed by atoms with van der Waals surface area (Å²) in [4.78, 5) is 5.21. The Bertz CT molecular complexity index is 577. The van der Waals surface area contributed by atoms with Crippen LogP contribution in [-0.4, -0.2) is 36.4 Å². The molecule has 0 bridgehead atoms. The van der Waals surface area contributed by atoms with Gasteiger partial charge in [0.1, 0.15) is 5.75 Å². The molecule has 1 aromatic carbocycles. The fraction of sp³-hybridized carbons (Fsp3) is 0.429. The Morgan fingerprint density at radius 2 is 2.05 bits per heavy atom. The summed E-state index contributed by atoms with van der Waals surface area (Å²) >= 11 is 0. The predicted octanol–water partition coefficient (Wildman–Crippen LogP) is 3.56. The Morgan fingerprint density at radius 1 is 1.30 bits per heavy atom. The molecule has 0 atom stereocenters. The van der Waals surface area contributed by atoms with Crippen molar-refractivity contribution in [3.63, 3.8) is 0 Å². The number of nitrogens with one attached hydrogen (secondary N) is 1. The van der Waals surface area contributed by atoms with Gasteiger partial charge in [0.25, 0.3) is 0 Å². The summed E-state index contributed by atoms with van der Waals surface area (Å²) in [5.41, 5.74) is 1.81. The van der Waals surface area contributed by atoms with E-state index in [2.05, 4.69) is 21.5 Å². The van der Waals surface area contributed by atoms with Crippen LogP contribution in [0.2, 0.25) is 0 Å². The van der Waals surface area contributed by atoms with E-state index in [4.69, 9.17) is 0 Å². The number of aromatic nitrogens is 1. The van der Waals surface area contributed by atoms with Crippen LogP contribution in [0.3, 0.4) is 0 Å². The summed E-state index contributed by atoms with van der Waals surface area (Å²) in [5.74, 6) is -0.185. The molecule has 0 unspecified atom stereocenters. The van der Waals surface area contributed by atoms with E-state index in [0.717, 1.165) is 36.0 Å². The highest BCUT2D eigenvalue weighted by Gasteiger charge is 2.31. The Morgan fingerprint density at radius 3 is 2.70 bits per heavy atom. The molecule has 0 fully saturated rings. The normalized spacial score (nSPS) is 12.3. The highest BCUT2D eigenvalue weighted by atomic mass is 19.4. The van der Waals surface area contributed by atoms with Gasteiger partial charge >= 0.3 is 6.36 Å². The number of hydrogen-bond acceptors (Lipinski definition) is 2. The summed E-state index contributed by atoms with van der Waals surface area (Å²) in [5, 5.41) is 0.774. The number of hydrogen-bond donors (Lipinski definition) is 1. The van der Waals surface area contributed by atoms with Crippen molar-refractivity contribution >= 4 is 10.9 Å². The van der Waals surface area contributed by atoms with Gasteiger partial charge < -0.3 is 14.6 Å². The third kappa shape index (κ3) is 3.66. The zero-order valence-corrected chi connectivity index (χ0v) is 11.4. The second-order valence-electron chi connectivity index (χ2n) is 4.72. The smallest absolute Gasteiger partial charge is 0.406 e. The molecule has 0 aliphatic heterocycles. The van der Waals surface area contributed by atoms with Gasteiger partial charge in [-0.25, -0.2) is 0 Å². The van der Waals surface area contributed by atoms with Crippen LogP contribution in [0.15, 0.2) is 24.4 Å². The standard InChI is InChI=1S/C14H17F3N2O/c1-3-19(2)7-6-10-9-18-13-5-4-11(8-12(10)13)20-14(15,16)17/h4-5,8-9,18H,3,6-7H2,1-2H3. The van der Waals surface area contributed by atoms with Crippen LogP contribution in [0.5, 0.6) is 5.75 Å². The van der Waals surface area contributed by atoms with E-state index in [-0.39, 0.29) is 5.75 Å². The fourth-order valence-corrected chi connectivity index (χ4v) is 2.03. The minimum absolute atomic E-state index is 0.185. The quantitative estimate of drug-likeness (QED) is 0.910. The van der Waals surface area contributed by atoms with Gasteiger partial charge in [-0.05, 0) is 43.8 Å². The van der Waals surface area contributed by atoms with Crippen LogP contribution in [-0.2, 0) is 6.42 Å². The number of rotatable bonds is 5. The molecule has 20 heavy (non-hydrogen) atoms. The van der Waals surface area contributed by atoms with Gasteiger partial charge in [0, 0.05) is 23.6 Å². The minimum Gasteiger partial charge on any atom is -0.406 e. The van der Waals surface area contributed by atoms with Crippen LogP contribution in [0.25, 0.3) is 10.9 Å². The molecule has 2 rings (SSSR count). The Balaban J connectivity index is 2.21. The number of nitrogens with zero attached hydrogens (tertiary/aromatic N) is 1. The number of likely N-dealkylation sites (N-methyl/N-ethyl adjacent to an activating group) is 1. The van der Waals surface area contributed by atoms with Crippen molar-refractivity contribution in [2.45, 2.75) is 19.7 Å². The summed E-state index contributed by atoms with van der Waals surface area (Å²) in [7, 11) is 2.01. The summed E-state index contributed by atoms with van der Waals surface area (Å²) in [6, 6.07) is 4.35. The van der Waals surface area contributed by atoms with E-state index in [9.17, 15) is 13.2 Å². The summed E-state index contributed by atoms with van der Waals surface area (Å²) < 4.78 is 40.6.